The van der Waals surface area contributed by atoms with Crippen LogP contribution in [0.5, 0.6) is 0 Å². The third-order valence-electron chi connectivity index (χ3n) is 3.45. The Kier molecular flexibility index (Phi) is 2.76. The Hall–Kier alpha value is -1.88. The number of aromatic amines is 1. The number of imidazole rings is 1. The van der Waals surface area contributed by atoms with Gasteiger partial charge in [-0.05, 0) is 38.6 Å². The molecule has 2 N–H and O–H groups in total. The van der Waals surface area contributed by atoms with Gasteiger partial charge in [0, 0.05) is 0 Å². The summed E-state index contributed by atoms with van der Waals surface area (Å²) in [5.74, 6) is 0.551. The van der Waals surface area contributed by atoms with Crippen molar-refractivity contribution in [1.82, 2.24) is 14.9 Å². The zero-order valence-electron chi connectivity index (χ0n) is 10.3. The number of nitrogens with one attached hydrogen (secondary N) is 2. The Labute approximate surface area is 105 Å². The summed E-state index contributed by atoms with van der Waals surface area (Å²) in [5, 5.41) is 2.86. The monoisotopic (exact) mass is 244 g/mol. The molecule has 94 valence electrons. The standard InChI is InChI=1S/C13H16N4O/c1-17-8-4-7-11(17)12(18)16-13-14-9-5-2-3-6-10(9)15-13/h2-3,5-6,11H,4,7-8H2,1H3,(H2,14,15,16,18)/t11-/m0/s1. The van der Waals surface area contributed by atoms with Crippen LogP contribution >= 0.6 is 0 Å². The molecule has 18 heavy (non-hydrogen) atoms. The molecule has 0 saturated carbocycles. The van der Waals surface area contributed by atoms with Gasteiger partial charge in [-0.15, -0.1) is 0 Å². The molecular weight excluding hydrogens is 228 g/mol. The fourth-order valence-electron chi connectivity index (χ4n) is 2.45. The zero-order valence-corrected chi connectivity index (χ0v) is 10.3. The molecule has 1 aromatic carbocycles. The first-order valence-electron chi connectivity index (χ1n) is 6.20. The smallest absolute Gasteiger partial charge is 0.244 e. The lowest BCUT2D eigenvalue weighted by atomic mass is 10.2. The van der Waals surface area contributed by atoms with E-state index in [1.165, 1.54) is 0 Å². The van der Waals surface area contributed by atoms with Crippen molar-refractivity contribution < 1.29 is 4.79 Å². The van der Waals surface area contributed by atoms with Gasteiger partial charge in [-0.25, -0.2) is 4.98 Å². The number of rotatable bonds is 2. The molecule has 1 atom stereocenters. The Balaban J connectivity index is 1.77. The molecule has 1 aromatic heterocycles. The predicted octanol–water partition coefficient (Wildman–Crippen LogP) is 1.60. The minimum Gasteiger partial charge on any atom is -0.324 e. The number of nitrogens with zero attached hydrogens (tertiary/aromatic N) is 2. The Morgan fingerprint density at radius 3 is 3.06 bits per heavy atom. The van der Waals surface area contributed by atoms with Crippen molar-refractivity contribution in [2.24, 2.45) is 0 Å². The third-order valence-corrected chi connectivity index (χ3v) is 3.45. The number of carbonyl (C=O) groups excluding carboxylic acids is 1. The van der Waals surface area contributed by atoms with Crippen LogP contribution in [-0.4, -0.2) is 40.4 Å². The van der Waals surface area contributed by atoms with Gasteiger partial charge in [-0.1, -0.05) is 12.1 Å². The SMILES string of the molecule is CN1CCC[C@H]1C(=O)Nc1nc2ccccc2[nH]1. The molecule has 0 spiro atoms. The fourth-order valence-corrected chi connectivity index (χ4v) is 2.45. The molecule has 1 fully saturated rings. The predicted molar refractivity (Wildman–Crippen MR) is 70.4 cm³/mol. The van der Waals surface area contributed by atoms with E-state index in [9.17, 15) is 4.79 Å². The molecule has 5 nitrogen and oxygen atoms in total. The van der Waals surface area contributed by atoms with Crippen LogP contribution in [0.4, 0.5) is 5.95 Å². The van der Waals surface area contributed by atoms with Gasteiger partial charge in [0.25, 0.3) is 0 Å². The summed E-state index contributed by atoms with van der Waals surface area (Å²) in [6, 6.07) is 7.71. The van der Waals surface area contributed by atoms with Crippen molar-refractivity contribution in [3.63, 3.8) is 0 Å². The normalized spacial score (nSPS) is 20.4. The minimum absolute atomic E-state index is 0.0223. The summed E-state index contributed by atoms with van der Waals surface area (Å²) in [5.41, 5.74) is 1.81. The van der Waals surface area contributed by atoms with E-state index in [0.29, 0.717) is 5.95 Å². The number of hydrogen-bond acceptors (Lipinski definition) is 3. The second kappa shape index (κ2) is 4.42. The molecule has 1 aliphatic rings. The highest BCUT2D eigenvalue weighted by Crippen LogP contribution is 2.18. The molecule has 2 aromatic rings. The number of hydrogen-bond donors (Lipinski definition) is 2. The van der Waals surface area contributed by atoms with Gasteiger partial charge in [-0.3, -0.25) is 15.0 Å². The number of amides is 1. The number of aromatic nitrogens is 2. The lowest BCUT2D eigenvalue weighted by Crippen LogP contribution is -2.37. The van der Waals surface area contributed by atoms with E-state index >= 15 is 0 Å². The number of carbonyl (C=O) groups is 1. The number of fused-ring (bicyclic) bond motifs is 1. The highest BCUT2D eigenvalue weighted by molar-refractivity contribution is 5.94. The van der Waals surface area contributed by atoms with Crippen LogP contribution in [-0.2, 0) is 4.79 Å². The van der Waals surface area contributed by atoms with E-state index in [-0.39, 0.29) is 11.9 Å². The van der Waals surface area contributed by atoms with Crippen molar-refractivity contribution in [1.29, 1.82) is 0 Å². The van der Waals surface area contributed by atoms with Crippen LogP contribution in [0.3, 0.4) is 0 Å². The van der Waals surface area contributed by atoms with Crippen molar-refractivity contribution in [2.45, 2.75) is 18.9 Å². The summed E-state index contributed by atoms with van der Waals surface area (Å²) >= 11 is 0. The largest absolute Gasteiger partial charge is 0.324 e. The molecule has 0 aliphatic carbocycles. The number of H-pyrrole nitrogens is 1. The molecule has 3 rings (SSSR count). The Morgan fingerprint density at radius 1 is 1.50 bits per heavy atom. The summed E-state index contributed by atoms with van der Waals surface area (Å²) < 4.78 is 0. The van der Waals surface area contributed by atoms with E-state index < -0.39 is 0 Å². The molecular formula is C13H16N4O. The second-order valence-electron chi connectivity index (χ2n) is 4.73. The number of anilines is 1. The molecule has 0 radical (unpaired) electrons. The first-order chi connectivity index (χ1) is 8.74. The number of benzene rings is 1. The molecule has 5 heteroatoms. The van der Waals surface area contributed by atoms with E-state index in [2.05, 4.69) is 20.2 Å². The minimum atomic E-state index is -0.0294. The molecule has 0 bridgehead atoms. The van der Waals surface area contributed by atoms with E-state index in [0.717, 1.165) is 30.4 Å². The van der Waals surface area contributed by atoms with E-state index in [4.69, 9.17) is 0 Å². The second-order valence-corrected chi connectivity index (χ2v) is 4.73. The quantitative estimate of drug-likeness (QED) is 0.843. The van der Waals surface area contributed by atoms with Crippen LogP contribution in [0.1, 0.15) is 12.8 Å². The molecule has 2 heterocycles. The van der Waals surface area contributed by atoms with Crippen molar-refractivity contribution in [2.75, 3.05) is 18.9 Å². The van der Waals surface area contributed by atoms with Crippen molar-refractivity contribution in [3.8, 4) is 0 Å². The van der Waals surface area contributed by atoms with Gasteiger partial charge in [-0.2, -0.15) is 0 Å². The van der Waals surface area contributed by atoms with Gasteiger partial charge < -0.3 is 4.98 Å². The van der Waals surface area contributed by atoms with E-state index in [1.807, 2.05) is 31.3 Å². The molecule has 1 aliphatic heterocycles. The van der Waals surface area contributed by atoms with Crippen LogP contribution in [0.2, 0.25) is 0 Å². The van der Waals surface area contributed by atoms with Crippen molar-refractivity contribution >= 4 is 22.9 Å². The highest BCUT2D eigenvalue weighted by Gasteiger charge is 2.28. The van der Waals surface area contributed by atoms with Gasteiger partial charge in [0.1, 0.15) is 0 Å². The summed E-state index contributed by atoms with van der Waals surface area (Å²) in [7, 11) is 1.98. The molecule has 1 amide bonds. The van der Waals surface area contributed by atoms with Crippen LogP contribution in [0.15, 0.2) is 24.3 Å². The van der Waals surface area contributed by atoms with Crippen LogP contribution in [0.25, 0.3) is 11.0 Å². The number of likely N-dealkylation sites (tertiary alicyclic amines) is 1. The maximum atomic E-state index is 12.1. The topological polar surface area (TPSA) is 61.0 Å². The summed E-state index contributed by atoms with van der Waals surface area (Å²) in [6.07, 6.45) is 2.00. The van der Waals surface area contributed by atoms with Gasteiger partial charge in [0.15, 0.2) is 0 Å². The third kappa shape index (κ3) is 1.97. The van der Waals surface area contributed by atoms with E-state index in [1.54, 1.807) is 0 Å². The first-order valence-corrected chi connectivity index (χ1v) is 6.20. The summed E-state index contributed by atoms with van der Waals surface area (Å²) in [4.78, 5) is 21.6. The molecule has 0 unspecified atom stereocenters. The maximum Gasteiger partial charge on any atom is 0.244 e. The van der Waals surface area contributed by atoms with Gasteiger partial charge >= 0.3 is 0 Å². The number of para-hydroxylation sites is 2. The number of likely N-dealkylation sites (N-methyl/N-ethyl adjacent to an activating group) is 1. The lowest BCUT2D eigenvalue weighted by molar-refractivity contribution is -0.120. The van der Waals surface area contributed by atoms with Crippen LogP contribution in [0, 0.1) is 0 Å². The van der Waals surface area contributed by atoms with Crippen LogP contribution < -0.4 is 5.32 Å². The van der Waals surface area contributed by atoms with Gasteiger partial charge in [0.2, 0.25) is 11.9 Å². The average molecular weight is 244 g/mol. The summed E-state index contributed by atoms with van der Waals surface area (Å²) in [6.45, 7) is 0.984. The molecule has 1 saturated heterocycles. The first kappa shape index (κ1) is 11.2. The fraction of sp³-hybridized carbons (Fsp3) is 0.385. The average Bonchev–Trinajstić information content (AvgIpc) is 2.94. The Morgan fingerprint density at radius 2 is 2.33 bits per heavy atom. The zero-order chi connectivity index (χ0) is 12.5. The lowest BCUT2D eigenvalue weighted by Gasteiger charge is -2.17. The Bertz CT molecular complexity index is 544. The van der Waals surface area contributed by atoms with Crippen molar-refractivity contribution in [3.05, 3.63) is 24.3 Å². The van der Waals surface area contributed by atoms with Gasteiger partial charge in [0.05, 0.1) is 17.1 Å². The highest BCUT2D eigenvalue weighted by atomic mass is 16.2. The maximum absolute atomic E-state index is 12.1.